The van der Waals surface area contributed by atoms with Crippen molar-refractivity contribution in [3.63, 3.8) is 0 Å². The summed E-state index contributed by atoms with van der Waals surface area (Å²) in [6.07, 6.45) is 7.06. The van der Waals surface area contributed by atoms with Gasteiger partial charge in [0.2, 0.25) is 0 Å². The fourth-order valence-corrected chi connectivity index (χ4v) is 1.89. The minimum absolute atomic E-state index is 0.159. The van der Waals surface area contributed by atoms with Gasteiger partial charge in [0.15, 0.2) is 0 Å². The Morgan fingerprint density at radius 2 is 1.71 bits per heavy atom. The van der Waals surface area contributed by atoms with Crippen molar-refractivity contribution in [3.05, 3.63) is 0 Å². The highest BCUT2D eigenvalue weighted by molar-refractivity contribution is 4.65. The SMILES string of the molecule is CCCCC(CCO)CC(O)CCC. The third kappa shape index (κ3) is 7.34. The van der Waals surface area contributed by atoms with E-state index in [1.54, 1.807) is 0 Å². The van der Waals surface area contributed by atoms with Crippen molar-refractivity contribution >= 4 is 0 Å². The Hall–Kier alpha value is -0.0800. The van der Waals surface area contributed by atoms with Gasteiger partial charge in [0.05, 0.1) is 6.10 Å². The molecule has 0 heterocycles. The van der Waals surface area contributed by atoms with E-state index in [-0.39, 0.29) is 12.7 Å². The number of rotatable bonds is 9. The Morgan fingerprint density at radius 1 is 1.00 bits per heavy atom. The van der Waals surface area contributed by atoms with Gasteiger partial charge in [-0.25, -0.2) is 0 Å². The lowest BCUT2D eigenvalue weighted by Crippen LogP contribution is -2.14. The Balaban J connectivity index is 3.69. The van der Waals surface area contributed by atoms with Crippen LogP contribution in [0.2, 0.25) is 0 Å². The molecule has 0 aliphatic carbocycles. The first-order valence-corrected chi connectivity index (χ1v) is 6.03. The third-order valence-corrected chi connectivity index (χ3v) is 2.73. The maximum Gasteiger partial charge on any atom is 0.0542 e. The predicted molar refractivity (Wildman–Crippen MR) is 60.2 cm³/mol. The summed E-state index contributed by atoms with van der Waals surface area (Å²) in [4.78, 5) is 0. The molecule has 0 radical (unpaired) electrons. The summed E-state index contributed by atoms with van der Waals surface area (Å²) in [5.41, 5.74) is 0. The molecule has 0 bridgehead atoms. The molecule has 0 spiro atoms. The minimum Gasteiger partial charge on any atom is -0.396 e. The molecule has 2 heteroatoms. The molecule has 2 atom stereocenters. The zero-order chi connectivity index (χ0) is 10.8. The lowest BCUT2D eigenvalue weighted by atomic mass is 9.91. The van der Waals surface area contributed by atoms with Crippen molar-refractivity contribution in [2.45, 2.75) is 64.9 Å². The molecular formula is C12H26O2. The highest BCUT2D eigenvalue weighted by atomic mass is 16.3. The van der Waals surface area contributed by atoms with Gasteiger partial charge in [-0.15, -0.1) is 0 Å². The molecule has 86 valence electrons. The predicted octanol–water partition coefficient (Wildman–Crippen LogP) is 2.73. The average Bonchev–Trinajstić information content (AvgIpc) is 2.15. The summed E-state index contributed by atoms with van der Waals surface area (Å²) in [5.74, 6) is 0.515. The molecule has 0 amide bonds. The molecule has 0 rings (SSSR count). The van der Waals surface area contributed by atoms with Gasteiger partial charge in [-0.05, 0) is 25.2 Å². The van der Waals surface area contributed by atoms with E-state index >= 15 is 0 Å². The Kier molecular flexibility index (Phi) is 9.42. The molecular weight excluding hydrogens is 176 g/mol. The molecule has 0 aromatic heterocycles. The van der Waals surface area contributed by atoms with Crippen molar-refractivity contribution in [1.82, 2.24) is 0 Å². The summed E-state index contributed by atoms with van der Waals surface area (Å²) in [6.45, 7) is 4.53. The Morgan fingerprint density at radius 3 is 2.21 bits per heavy atom. The van der Waals surface area contributed by atoms with Crippen LogP contribution in [0.15, 0.2) is 0 Å². The van der Waals surface area contributed by atoms with Crippen LogP contribution in [0.5, 0.6) is 0 Å². The first-order chi connectivity index (χ1) is 6.74. The summed E-state index contributed by atoms with van der Waals surface area (Å²) >= 11 is 0. The summed E-state index contributed by atoms with van der Waals surface area (Å²) < 4.78 is 0. The second-order valence-corrected chi connectivity index (χ2v) is 4.20. The van der Waals surface area contributed by atoms with Crippen molar-refractivity contribution < 1.29 is 10.2 Å². The van der Waals surface area contributed by atoms with Crippen LogP contribution in [0.1, 0.15) is 58.8 Å². The number of hydrogen-bond acceptors (Lipinski definition) is 2. The number of aliphatic hydroxyl groups excluding tert-OH is 2. The van der Waals surface area contributed by atoms with Gasteiger partial charge < -0.3 is 10.2 Å². The van der Waals surface area contributed by atoms with Gasteiger partial charge >= 0.3 is 0 Å². The van der Waals surface area contributed by atoms with Gasteiger partial charge in [0, 0.05) is 6.61 Å². The summed E-state index contributed by atoms with van der Waals surface area (Å²) in [5, 5.41) is 18.6. The fourth-order valence-electron chi connectivity index (χ4n) is 1.89. The van der Waals surface area contributed by atoms with Crippen LogP contribution in [0.3, 0.4) is 0 Å². The number of unbranched alkanes of at least 4 members (excludes halogenated alkanes) is 1. The topological polar surface area (TPSA) is 40.5 Å². The van der Waals surface area contributed by atoms with E-state index < -0.39 is 0 Å². The van der Waals surface area contributed by atoms with Crippen molar-refractivity contribution in [1.29, 1.82) is 0 Å². The van der Waals surface area contributed by atoms with E-state index in [0.29, 0.717) is 5.92 Å². The molecule has 0 aliphatic rings. The van der Waals surface area contributed by atoms with Crippen LogP contribution in [0.25, 0.3) is 0 Å². The van der Waals surface area contributed by atoms with Gasteiger partial charge in [-0.3, -0.25) is 0 Å². The van der Waals surface area contributed by atoms with Gasteiger partial charge in [-0.1, -0.05) is 39.5 Å². The van der Waals surface area contributed by atoms with E-state index in [0.717, 1.165) is 32.1 Å². The molecule has 0 saturated heterocycles. The van der Waals surface area contributed by atoms with Crippen LogP contribution in [0, 0.1) is 5.92 Å². The maximum atomic E-state index is 9.66. The maximum absolute atomic E-state index is 9.66. The Labute approximate surface area is 88.3 Å². The van der Waals surface area contributed by atoms with E-state index in [1.165, 1.54) is 12.8 Å². The zero-order valence-electron chi connectivity index (χ0n) is 9.71. The van der Waals surface area contributed by atoms with E-state index in [1.807, 2.05) is 0 Å². The van der Waals surface area contributed by atoms with Crippen molar-refractivity contribution in [2.75, 3.05) is 6.61 Å². The van der Waals surface area contributed by atoms with Gasteiger partial charge in [0.25, 0.3) is 0 Å². The Bertz CT molecular complexity index is 115. The van der Waals surface area contributed by atoms with Crippen LogP contribution in [0.4, 0.5) is 0 Å². The second-order valence-electron chi connectivity index (χ2n) is 4.20. The molecule has 14 heavy (non-hydrogen) atoms. The quantitative estimate of drug-likeness (QED) is 0.603. The largest absolute Gasteiger partial charge is 0.396 e. The summed E-state index contributed by atoms with van der Waals surface area (Å²) in [6, 6.07) is 0. The van der Waals surface area contributed by atoms with Crippen molar-refractivity contribution in [2.24, 2.45) is 5.92 Å². The van der Waals surface area contributed by atoms with Crippen LogP contribution in [-0.4, -0.2) is 22.9 Å². The van der Waals surface area contributed by atoms with Crippen LogP contribution in [-0.2, 0) is 0 Å². The molecule has 2 unspecified atom stereocenters. The standard InChI is InChI=1S/C12H26O2/c1-3-5-7-11(8-9-13)10-12(14)6-4-2/h11-14H,3-10H2,1-2H3. The molecule has 2 N–H and O–H groups in total. The smallest absolute Gasteiger partial charge is 0.0542 e. The molecule has 0 aromatic rings. The third-order valence-electron chi connectivity index (χ3n) is 2.73. The zero-order valence-corrected chi connectivity index (χ0v) is 9.71. The molecule has 0 aromatic carbocycles. The second kappa shape index (κ2) is 9.47. The molecule has 0 aliphatic heterocycles. The highest BCUT2D eigenvalue weighted by Gasteiger charge is 2.12. The normalized spacial score (nSPS) is 15.4. The number of hydrogen-bond donors (Lipinski definition) is 2. The van der Waals surface area contributed by atoms with Crippen molar-refractivity contribution in [3.8, 4) is 0 Å². The van der Waals surface area contributed by atoms with Gasteiger partial charge in [0.1, 0.15) is 0 Å². The average molecular weight is 202 g/mol. The number of aliphatic hydroxyl groups is 2. The molecule has 0 saturated carbocycles. The first-order valence-electron chi connectivity index (χ1n) is 6.03. The first kappa shape index (κ1) is 13.9. The minimum atomic E-state index is -0.159. The fraction of sp³-hybridized carbons (Fsp3) is 1.00. The molecule has 2 nitrogen and oxygen atoms in total. The van der Waals surface area contributed by atoms with Crippen LogP contribution < -0.4 is 0 Å². The summed E-state index contributed by atoms with van der Waals surface area (Å²) in [7, 11) is 0. The van der Waals surface area contributed by atoms with E-state index in [4.69, 9.17) is 5.11 Å². The van der Waals surface area contributed by atoms with E-state index in [9.17, 15) is 5.11 Å². The lowest BCUT2D eigenvalue weighted by Gasteiger charge is -2.18. The van der Waals surface area contributed by atoms with Crippen LogP contribution >= 0.6 is 0 Å². The van der Waals surface area contributed by atoms with Gasteiger partial charge in [-0.2, -0.15) is 0 Å². The highest BCUT2D eigenvalue weighted by Crippen LogP contribution is 2.20. The molecule has 0 fully saturated rings. The monoisotopic (exact) mass is 202 g/mol. The van der Waals surface area contributed by atoms with E-state index in [2.05, 4.69) is 13.8 Å². The lowest BCUT2D eigenvalue weighted by molar-refractivity contribution is 0.119.